The Labute approximate surface area is 166 Å². The summed E-state index contributed by atoms with van der Waals surface area (Å²) >= 11 is 0. The lowest BCUT2D eigenvalue weighted by Gasteiger charge is -2.31. The molecule has 0 radical (unpaired) electrons. The van der Waals surface area contributed by atoms with Crippen molar-refractivity contribution in [3.63, 3.8) is 0 Å². The van der Waals surface area contributed by atoms with Crippen molar-refractivity contribution >= 4 is 11.5 Å². The molecule has 4 rings (SSSR count). The molecule has 2 atom stereocenters. The first-order valence-corrected chi connectivity index (χ1v) is 10.1. The summed E-state index contributed by atoms with van der Waals surface area (Å²) in [7, 11) is 1.67. The van der Waals surface area contributed by atoms with Gasteiger partial charge in [0.2, 0.25) is 0 Å². The molecule has 148 valence electrons. The molecule has 0 unspecified atom stereocenters. The van der Waals surface area contributed by atoms with Crippen molar-refractivity contribution in [3.05, 3.63) is 54.1 Å². The number of anilines is 1. The van der Waals surface area contributed by atoms with Gasteiger partial charge in [0, 0.05) is 12.0 Å². The van der Waals surface area contributed by atoms with E-state index >= 15 is 0 Å². The highest BCUT2D eigenvalue weighted by molar-refractivity contribution is 5.97. The molecule has 1 N–H and O–H groups in total. The molecule has 0 spiro atoms. The van der Waals surface area contributed by atoms with Crippen molar-refractivity contribution in [2.45, 2.75) is 44.9 Å². The predicted octanol–water partition coefficient (Wildman–Crippen LogP) is 3.74. The molecule has 2 heterocycles. The summed E-state index contributed by atoms with van der Waals surface area (Å²) in [6.45, 7) is 5.69. The third kappa shape index (κ3) is 2.94. The molecule has 0 saturated carbocycles. The lowest BCUT2D eigenvalue weighted by atomic mass is 9.94. The van der Waals surface area contributed by atoms with Gasteiger partial charge in [0.15, 0.2) is 6.04 Å². The molecule has 2 aromatic rings. The minimum Gasteiger partial charge on any atom is -0.497 e. The fourth-order valence-corrected chi connectivity index (χ4v) is 4.51. The van der Waals surface area contributed by atoms with Crippen molar-refractivity contribution in [1.82, 2.24) is 0 Å². The predicted molar refractivity (Wildman–Crippen MR) is 110 cm³/mol. The Kier molecular flexibility index (Phi) is 5.02. The van der Waals surface area contributed by atoms with E-state index in [0.29, 0.717) is 6.61 Å². The Bertz CT molecular complexity index is 860. The summed E-state index contributed by atoms with van der Waals surface area (Å²) in [5, 5.41) is 12.1. The van der Waals surface area contributed by atoms with Crippen LogP contribution in [0.2, 0.25) is 0 Å². The van der Waals surface area contributed by atoms with Gasteiger partial charge in [-0.05, 0) is 75.2 Å². The first-order chi connectivity index (χ1) is 13.6. The maximum absolute atomic E-state index is 12.1. The number of aliphatic hydroxyl groups is 1. The van der Waals surface area contributed by atoms with Gasteiger partial charge in [-0.3, -0.25) is 4.58 Å². The smallest absolute Gasteiger partial charge is 0.278 e. The summed E-state index contributed by atoms with van der Waals surface area (Å²) in [5.41, 5.74) is 0.712. The number of ether oxygens (including phenoxy) is 2. The van der Waals surface area contributed by atoms with Gasteiger partial charge in [-0.15, -0.1) is 0 Å². The average molecular weight is 381 g/mol. The Morgan fingerprint density at radius 2 is 1.75 bits per heavy atom. The van der Waals surface area contributed by atoms with Gasteiger partial charge < -0.3 is 14.6 Å². The second-order valence-electron chi connectivity index (χ2n) is 7.46. The first-order valence-electron chi connectivity index (χ1n) is 10.1. The molecule has 0 fully saturated rings. The molecular weight excluding hydrogens is 352 g/mol. The fourth-order valence-electron chi connectivity index (χ4n) is 4.51. The highest BCUT2D eigenvalue weighted by Crippen LogP contribution is 2.42. The van der Waals surface area contributed by atoms with E-state index in [1.54, 1.807) is 7.11 Å². The van der Waals surface area contributed by atoms with Crippen molar-refractivity contribution in [3.8, 4) is 11.5 Å². The second kappa shape index (κ2) is 7.47. The van der Waals surface area contributed by atoms with Gasteiger partial charge in [0.05, 0.1) is 20.3 Å². The number of methoxy groups -OCH3 is 1. The average Bonchev–Trinajstić information content (AvgIpc) is 2.97. The number of rotatable bonds is 5. The van der Waals surface area contributed by atoms with Crippen LogP contribution in [0.25, 0.3) is 0 Å². The van der Waals surface area contributed by atoms with Gasteiger partial charge in [-0.1, -0.05) is 0 Å². The van der Waals surface area contributed by atoms with E-state index in [0.717, 1.165) is 48.6 Å². The van der Waals surface area contributed by atoms with Crippen LogP contribution in [0.1, 0.15) is 38.7 Å². The van der Waals surface area contributed by atoms with E-state index in [4.69, 9.17) is 9.47 Å². The van der Waals surface area contributed by atoms with Crippen LogP contribution in [0.4, 0.5) is 5.69 Å². The van der Waals surface area contributed by atoms with Crippen LogP contribution in [-0.2, 0) is 5.72 Å². The van der Waals surface area contributed by atoms with E-state index < -0.39 is 5.72 Å². The molecule has 2 aliphatic rings. The SMILES string of the molecule is CCOc1ccc([C@]2(O)[C@@H](C)[N+]3=C(CCCC3)N2c2ccc(OC)cc2)cc1. The van der Waals surface area contributed by atoms with Crippen LogP contribution in [-0.4, -0.2) is 41.8 Å². The van der Waals surface area contributed by atoms with E-state index in [2.05, 4.69) is 16.4 Å². The van der Waals surface area contributed by atoms with Crippen LogP contribution < -0.4 is 14.4 Å². The maximum Gasteiger partial charge on any atom is 0.278 e. The van der Waals surface area contributed by atoms with E-state index in [-0.39, 0.29) is 6.04 Å². The first kappa shape index (κ1) is 18.8. The maximum atomic E-state index is 12.1. The summed E-state index contributed by atoms with van der Waals surface area (Å²) in [6, 6.07) is 15.7. The van der Waals surface area contributed by atoms with Crippen LogP contribution in [0.15, 0.2) is 48.5 Å². The van der Waals surface area contributed by atoms with Crippen molar-refractivity contribution < 1.29 is 19.2 Å². The van der Waals surface area contributed by atoms with Crippen LogP contribution in [0, 0.1) is 0 Å². The minimum atomic E-state index is -1.14. The molecule has 0 saturated heterocycles. The zero-order valence-corrected chi connectivity index (χ0v) is 16.9. The molecule has 0 aromatic heterocycles. The van der Waals surface area contributed by atoms with Crippen molar-refractivity contribution in [2.75, 3.05) is 25.2 Å². The monoisotopic (exact) mass is 381 g/mol. The summed E-state index contributed by atoms with van der Waals surface area (Å²) in [5.74, 6) is 2.83. The topological polar surface area (TPSA) is 44.9 Å². The van der Waals surface area contributed by atoms with E-state index in [9.17, 15) is 5.11 Å². The molecule has 2 aromatic carbocycles. The third-order valence-electron chi connectivity index (χ3n) is 5.95. The summed E-state index contributed by atoms with van der Waals surface area (Å²) in [4.78, 5) is 2.12. The number of hydrogen-bond acceptors (Lipinski definition) is 4. The normalized spacial score (nSPS) is 24.3. The lowest BCUT2D eigenvalue weighted by molar-refractivity contribution is -0.574. The van der Waals surface area contributed by atoms with Crippen LogP contribution in [0.5, 0.6) is 11.5 Å². The zero-order chi connectivity index (χ0) is 19.7. The number of nitrogens with zero attached hydrogens (tertiary/aromatic N) is 2. The zero-order valence-electron chi connectivity index (χ0n) is 16.9. The summed E-state index contributed by atoms with van der Waals surface area (Å²) in [6.07, 6.45) is 3.27. The van der Waals surface area contributed by atoms with Crippen LogP contribution in [0.3, 0.4) is 0 Å². The third-order valence-corrected chi connectivity index (χ3v) is 5.95. The largest absolute Gasteiger partial charge is 0.497 e. The van der Waals surface area contributed by atoms with Gasteiger partial charge in [0.1, 0.15) is 17.2 Å². The Balaban J connectivity index is 1.80. The standard InChI is InChI=1S/C23H29N2O3/c1-4-28-21-12-8-18(9-13-21)23(26)17(2)24-16-6-5-7-22(24)25(23)19-10-14-20(27-3)15-11-19/h8-15,17,26H,4-7,16H2,1-3H3/q+1/t17-,23-/m1/s1. The Hall–Kier alpha value is -2.53. The Morgan fingerprint density at radius 1 is 1.07 bits per heavy atom. The lowest BCUT2D eigenvalue weighted by Crippen LogP contribution is -2.50. The van der Waals surface area contributed by atoms with Gasteiger partial charge in [-0.2, -0.15) is 4.90 Å². The number of amidine groups is 1. The Morgan fingerprint density at radius 3 is 2.39 bits per heavy atom. The van der Waals surface area contributed by atoms with Gasteiger partial charge in [-0.25, -0.2) is 0 Å². The molecule has 0 aliphatic carbocycles. The molecule has 0 amide bonds. The van der Waals surface area contributed by atoms with Crippen molar-refractivity contribution in [1.29, 1.82) is 0 Å². The number of hydrogen-bond donors (Lipinski definition) is 1. The number of benzene rings is 2. The fraction of sp³-hybridized carbons (Fsp3) is 0.435. The molecular formula is C23H29N2O3+. The van der Waals surface area contributed by atoms with Crippen molar-refractivity contribution in [2.24, 2.45) is 0 Å². The minimum absolute atomic E-state index is 0.0529. The highest BCUT2D eigenvalue weighted by Gasteiger charge is 2.59. The molecule has 0 bridgehead atoms. The van der Waals surface area contributed by atoms with Crippen LogP contribution >= 0.6 is 0 Å². The van der Waals surface area contributed by atoms with E-state index in [1.165, 1.54) is 5.84 Å². The highest BCUT2D eigenvalue weighted by atomic mass is 16.5. The molecule has 28 heavy (non-hydrogen) atoms. The van der Waals surface area contributed by atoms with E-state index in [1.807, 2.05) is 55.5 Å². The van der Waals surface area contributed by atoms with Gasteiger partial charge in [0.25, 0.3) is 11.6 Å². The van der Waals surface area contributed by atoms with Gasteiger partial charge >= 0.3 is 0 Å². The quantitative estimate of drug-likeness (QED) is 0.802. The molecule has 5 heteroatoms. The molecule has 2 aliphatic heterocycles. The summed E-state index contributed by atoms with van der Waals surface area (Å²) < 4.78 is 13.3. The molecule has 5 nitrogen and oxygen atoms in total. The second-order valence-corrected chi connectivity index (χ2v) is 7.46.